The Hall–Kier alpha value is -2.19. The van der Waals surface area contributed by atoms with Crippen LogP contribution in [-0.2, 0) is 16.6 Å². The zero-order valence-electron chi connectivity index (χ0n) is 13.9. The molecule has 1 amide bonds. The van der Waals surface area contributed by atoms with E-state index in [-0.39, 0.29) is 23.4 Å². The van der Waals surface area contributed by atoms with Gasteiger partial charge in [0.1, 0.15) is 0 Å². The molecule has 2 N–H and O–H groups in total. The molecule has 1 fully saturated rings. The van der Waals surface area contributed by atoms with E-state index in [9.17, 15) is 13.2 Å². The molecule has 0 bridgehead atoms. The van der Waals surface area contributed by atoms with Crippen molar-refractivity contribution in [2.24, 2.45) is 0 Å². The van der Waals surface area contributed by atoms with Crippen LogP contribution in [0.5, 0.6) is 0 Å². The van der Waals surface area contributed by atoms with Gasteiger partial charge in [-0.1, -0.05) is 12.8 Å². The van der Waals surface area contributed by atoms with Gasteiger partial charge in [-0.3, -0.25) is 9.48 Å². The molecular formula is C17H22N4O3S. The van der Waals surface area contributed by atoms with Gasteiger partial charge in [0.25, 0.3) is 5.91 Å². The van der Waals surface area contributed by atoms with E-state index in [1.165, 1.54) is 12.1 Å². The van der Waals surface area contributed by atoms with Gasteiger partial charge in [-0.05, 0) is 43.2 Å². The Bertz CT molecular complexity index is 795. The minimum Gasteiger partial charge on any atom is -0.349 e. The molecule has 1 aromatic heterocycles. The fraction of sp³-hybridized carbons (Fsp3) is 0.412. The molecule has 7 nitrogen and oxygen atoms in total. The number of nitrogens with zero attached hydrogens (tertiary/aromatic N) is 2. The van der Waals surface area contributed by atoms with Gasteiger partial charge in [-0.2, -0.15) is 5.10 Å². The lowest BCUT2D eigenvalue weighted by atomic mass is 10.2. The maximum Gasteiger partial charge on any atom is 0.251 e. The molecule has 1 aliphatic rings. The number of benzene rings is 1. The second-order valence-corrected chi connectivity index (χ2v) is 7.91. The third-order valence-electron chi connectivity index (χ3n) is 4.31. The van der Waals surface area contributed by atoms with E-state index < -0.39 is 10.0 Å². The van der Waals surface area contributed by atoms with Crippen molar-refractivity contribution in [3.05, 3.63) is 48.3 Å². The minimum atomic E-state index is -3.60. The molecule has 0 atom stereocenters. The molecule has 0 unspecified atom stereocenters. The van der Waals surface area contributed by atoms with Crippen LogP contribution in [0.25, 0.3) is 0 Å². The minimum absolute atomic E-state index is 0.144. The molecule has 3 rings (SSSR count). The Balaban J connectivity index is 1.57. The van der Waals surface area contributed by atoms with Crippen molar-refractivity contribution in [3.63, 3.8) is 0 Å². The fourth-order valence-corrected chi connectivity index (χ4v) is 3.96. The second kappa shape index (κ2) is 7.79. The summed E-state index contributed by atoms with van der Waals surface area (Å²) in [5.41, 5.74) is 0.474. The van der Waals surface area contributed by atoms with Crippen LogP contribution < -0.4 is 10.0 Å². The van der Waals surface area contributed by atoms with Crippen molar-refractivity contribution in [2.75, 3.05) is 6.54 Å². The molecule has 1 aliphatic carbocycles. The number of sulfonamides is 1. The van der Waals surface area contributed by atoms with E-state index in [0.29, 0.717) is 12.1 Å². The molecular weight excluding hydrogens is 340 g/mol. The SMILES string of the molecule is O=C(NC1CCCC1)c1ccc(S(=O)(=O)NCCn2cccn2)cc1. The first-order chi connectivity index (χ1) is 12.0. The normalized spacial score (nSPS) is 15.4. The number of hydrogen-bond acceptors (Lipinski definition) is 4. The molecule has 25 heavy (non-hydrogen) atoms. The summed E-state index contributed by atoms with van der Waals surface area (Å²) in [7, 11) is -3.60. The standard InChI is InChI=1S/C17H22N4O3S/c22-17(20-15-4-1-2-5-15)14-6-8-16(9-7-14)25(23,24)19-11-13-21-12-3-10-18-21/h3,6-10,12,15,19H,1-2,4-5,11,13H2,(H,20,22). The quantitative estimate of drug-likeness (QED) is 0.781. The van der Waals surface area contributed by atoms with Gasteiger partial charge in [-0.15, -0.1) is 0 Å². The molecule has 1 heterocycles. The highest BCUT2D eigenvalue weighted by Crippen LogP contribution is 2.18. The van der Waals surface area contributed by atoms with E-state index in [4.69, 9.17) is 0 Å². The Morgan fingerprint density at radius 2 is 1.92 bits per heavy atom. The van der Waals surface area contributed by atoms with Gasteiger partial charge in [-0.25, -0.2) is 13.1 Å². The predicted octanol–water partition coefficient (Wildman–Crippen LogP) is 1.53. The summed E-state index contributed by atoms with van der Waals surface area (Å²) in [5, 5.41) is 7.01. The summed E-state index contributed by atoms with van der Waals surface area (Å²) >= 11 is 0. The highest BCUT2D eigenvalue weighted by Gasteiger charge is 2.19. The Morgan fingerprint density at radius 1 is 1.20 bits per heavy atom. The molecule has 1 aromatic carbocycles. The number of amides is 1. The maximum absolute atomic E-state index is 12.3. The van der Waals surface area contributed by atoms with Crippen LogP contribution in [0.2, 0.25) is 0 Å². The largest absolute Gasteiger partial charge is 0.349 e. The first kappa shape index (κ1) is 17.6. The molecule has 0 spiro atoms. The molecule has 0 radical (unpaired) electrons. The van der Waals surface area contributed by atoms with Crippen molar-refractivity contribution in [1.29, 1.82) is 0 Å². The number of carbonyl (C=O) groups excluding carboxylic acids is 1. The van der Waals surface area contributed by atoms with Crippen molar-refractivity contribution in [1.82, 2.24) is 19.8 Å². The zero-order valence-corrected chi connectivity index (χ0v) is 14.7. The van der Waals surface area contributed by atoms with Crippen molar-refractivity contribution >= 4 is 15.9 Å². The fourth-order valence-electron chi connectivity index (χ4n) is 2.93. The number of hydrogen-bond donors (Lipinski definition) is 2. The van der Waals surface area contributed by atoms with Crippen LogP contribution in [0, 0.1) is 0 Å². The summed E-state index contributed by atoms with van der Waals surface area (Å²) in [6.07, 6.45) is 7.73. The second-order valence-electron chi connectivity index (χ2n) is 6.15. The van der Waals surface area contributed by atoms with E-state index in [1.807, 2.05) is 0 Å². The third kappa shape index (κ3) is 4.67. The van der Waals surface area contributed by atoms with Gasteiger partial charge in [0.15, 0.2) is 0 Å². The average molecular weight is 362 g/mol. The summed E-state index contributed by atoms with van der Waals surface area (Å²) in [6, 6.07) is 8.03. The highest BCUT2D eigenvalue weighted by atomic mass is 32.2. The van der Waals surface area contributed by atoms with E-state index in [1.54, 1.807) is 35.3 Å². The molecule has 2 aromatic rings. The van der Waals surface area contributed by atoms with E-state index >= 15 is 0 Å². The summed E-state index contributed by atoms with van der Waals surface area (Å²) in [4.78, 5) is 12.3. The summed E-state index contributed by atoms with van der Waals surface area (Å²) in [5.74, 6) is -0.150. The van der Waals surface area contributed by atoms with E-state index in [2.05, 4.69) is 15.1 Å². The van der Waals surface area contributed by atoms with Gasteiger partial charge in [0.05, 0.1) is 11.4 Å². The Morgan fingerprint density at radius 3 is 2.56 bits per heavy atom. The first-order valence-electron chi connectivity index (χ1n) is 8.43. The van der Waals surface area contributed by atoms with Crippen LogP contribution in [0.4, 0.5) is 0 Å². The van der Waals surface area contributed by atoms with Crippen LogP contribution in [-0.4, -0.2) is 36.7 Å². The lowest BCUT2D eigenvalue weighted by molar-refractivity contribution is 0.0938. The Kier molecular flexibility index (Phi) is 5.50. The first-order valence-corrected chi connectivity index (χ1v) is 9.91. The zero-order chi connectivity index (χ0) is 17.7. The lowest BCUT2D eigenvalue weighted by Gasteiger charge is -2.12. The maximum atomic E-state index is 12.3. The molecule has 1 saturated carbocycles. The Labute approximate surface area is 147 Å². The highest BCUT2D eigenvalue weighted by molar-refractivity contribution is 7.89. The van der Waals surface area contributed by atoms with Gasteiger partial charge >= 0.3 is 0 Å². The van der Waals surface area contributed by atoms with Crippen LogP contribution >= 0.6 is 0 Å². The van der Waals surface area contributed by atoms with E-state index in [0.717, 1.165) is 25.7 Å². The van der Waals surface area contributed by atoms with Gasteiger partial charge < -0.3 is 5.32 Å². The lowest BCUT2D eigenvalue weighted by Crippen LogP contribution is -2.32. The van der Waals surface area contributed by atoms with Gasteiger partial charge in [0.2, 0.25) is 10.0 Å². The molecule has 0 saturated heterocycles. The summed E-state index contributed by atoms with van der Waals surface area (Å²) in [6.45, 7) is 0.696. The number of carbonyl (C=O) groups is 1. The third-order valence-corrected chi connectivity index (χ3v) is 5.79. The molecule has 8 heteroatoms. The average Bonchev–Trinajstić information content (AvgIpc) is 3.29. The van der Waals surface area contributed by atoms with Crippen LogP contribution in [0.3, 0.4) is 0 Å². The number of rotatable bonds is 7. The van der Waals surface area contributed by atoms with Crippen LogP contribution in [0.1, 0.15) is 36.0 Å². The van der Waals surface area contributed by atoms with Crippen molar-refractivity contribution in [2.45, 2.75) is 43.2 Å². The smallest absolute Gasteiger partial charge is 0.251 e. The predicted molar refractivity (Wildman–Crippen MR) is 93.6 cm³/mol. The number of aromatic nitrogens is 2. The summed E-state index contributed by atoms with van der Waals surface area (Å²) < 4.78 is 28.7. The monoisotopic (exact) mass is 362 g/mol. The van der Waals surface area contributed by atoms with Crippen molar-refractivity contribution in [3.8, 4) is 0 Å². The molecule has 0 aliphatic heterocycles. The topological polar surface area (TPSA) is 93.1 Å². The number of nitrogens with one attached hydrogen (secondary N) is 2. The molecule has 134 valence electrons. The van der Waals surface area contributed by atoms with Crippen LogP contribution in [0.15, 0.2) is 47.6 Å². The van der Waals surface area contributed by atoms with Crippen molar-refractivity contribution < 1.29 is 13.2 Å². The van der Waals surface area contributed by atoms with Gasteiger partial charge in [0, 0.05) is 30.5 Å².